The van der Waals surface area contributed by atoms with E-state index in [1.54, 1.807) is 0 Å². The monoisotopic (exact) mass is 428 g/mol. The first-order valence-corrected chi connectivity index (χ1v) is 11.9. The van der Waals surface area contributed by atoms with Crippen LogP contribution in [0.2, 0.25) is 0 Å². The number of hydrogen-bond donors (Lipinski definition) is 0. The molecule has 0 spiro atoms. The van der Waals surface area contributed by atoms with Crippen LogP contribution in [-0.2, 0) is 4.79 Å². The summed E-state index contributed by atoms with van der Waals surface area (Å²) in [6.07, 6.45) is 4.01. The molecule has 0 saturated carbocycles. The summed E-state index contributed by atoms with van der Waals surface area (Å²) in [6.45, 7) is 7.66. The second-order valence-corrected chi connectivity index (χ2v) is 9.37. The van der Waals surface area contributed by atoms with Crippen LogP contribution in [0.25, 0.3) is 10.9 Å². The van der Waals surface area contributed by atoms with Gasteiger partial charge in [-0.25, -0.2) is 9.97 Å². The minimum atomic E-state index is 0.114. The van der Waals surface area contributed by atoms with Crippen LogP contribution >= 0.6 is 0 Å². The molecule has 0 N–H and O–H groups in total. The molecule has 166 valence electrons. The molecule has 2 saturated heterocycles. The van der Waals surface area contributed by atoms with Gasteiger partial charge >= 0.3 is 0 Å². The number of carbonyl (C=O) groups excluding carboxylic acids is 1. The van der Waals surface area contributed by atoms with Crippen molar-refractivity contribution in [3.63, 3.8) is 0 Å². The zero-order valence-electron chi connectivity index (χ0n) is 19.1. The van der Waals surface area contributed by atoms with Crippen LogP contribution < -0.4 is 4.90 Å². The SMILES string of the molecule is Cc1ccccc1[C@H]1CCCN(C(=O)C2CCN(c3nc(C)c4ccccc4n3)CC2)C1. The zero-order chi connectivity index (χ0) is 22.1. The van der Waals surface area contributed by atoms with Crippen molar-refractivity contribution in [2.75, 3.05) is 31.1 Å². The van der Waals surface area contributed by atoms with Gasteiger partial charge in [0.15, 0.2) is 0 Å². The molecular formula is C27H32N4O. The lowest BCUT2D eigenvalue weighted by Gasteiger charge is -2.38. The summed E-state index contributed by atoms with van der Waals surface area (Å²) >= 11 is 0. The topological polar surface area (TPSA) is 49.3 Å². The fourth-order valence-corrected chi connectivity index (χ4v) is 5.42. The van der Waals surface area contributed by atoms with Gasteiger partial charge in [-0.15, -0.1) is 0 Å². The van der Waals surface area contributed by atoms with Gasteiger partial charge < -0.3 is 9.80 Å². The second-order valence-electron chi connectivity index (χ2n) is 9.37. The highest BCUT2D eigenvalue weighted by Gasteiger charge is 2.32. The summed E-state index contributed by atoms with van der Waals surface area (Å²) in [4.78, 5) is 27.3. The first-order valence-electron chi connectivity index (χ1n) is 11.9. The Balaban J connectivity index is 1.23. The van der Waals surface area contributed by atoms with E-state index in [9.17, 15) is 4.79 Å². The molecule has 2 aromatic carbocycles. The van der Waals surface area contributed by atoms with E-state index in [1.165, 1.54) is 17.5 Å². The number of likely N-dealkylation sites (tertiary alicyclic amines) is 1. The van der Waals surface area contributed by atoms with Crippen LogP contribution in [0.15, 0.2) is 48.5 Å². The van der Waals surface area contributed by atoms with Gasteiger partial charge in [-0.3, -0.25) is 4.79 Å². The Kier molecular flexibility index (Phi) is 5.81. The van der Waals surface area contributed by atoms with Crippen LogP contribution in [0.1, 0.15) is 48.4 Å². The Labute approximate surface area is 190 Å². The standard InChI is InChI=1S/C27H32N4O/c1-19-8-3-4-10-23(19)22-9-7-15-31(18-22)26(32)21-13-16-30(17-14-21)27-28-20(2)24-11-5-6-12-25(24)29-27/h3-6,8,10-12,21-22H,7,9,13-18H2,1-2H3/t22-/m0/s1. The fourth-order valence-electron chi connectivity index (χ4n) is 5.42. The van der Waals surface area contributed by atoms with Crippen LogP contribution in [-0.4, -0.2) is 47.0 Å². The van der Waals surface area contributed by atoms with E-state index in [2.05, 4.69) is 47.1 Å². The third kappa shape index (κ3) is 4.08. The summed E-state index contributed by atoms with van der Waals surface area (Å²) in [5, 5.41) is 1.11. The Bertz CT molecular complexity index is 1120. The van der Waals surface area contributed by atoms with Crippen LogP contribution in [0.4, 0.5) is 5.95 Å². The third-order valence-corrected chi connectivity index (χ3v) is 7.27. The second kappa shape index (κ2) is 8.89. The van der Waals surface area contributed by atoms with Gasteiger partial charge in [0.1, 0.15) is 0 Å². The van der Waals surface area contributed by atoms with Crippen molar-refractivity contribution >= 4 is 22.8 Å². The lowest BCUT2D eigenvalue weighted by Crippen LogP contribution is -2.46. The van der Waals surface area contributed by atoms with Gasteiger partial charge in [-0.2, -0.15) is 0 Å². The van der Waals surface area contributed by atoms with Crippen molar-refractivity contribution in [3.05, 3.63) is 65.4 Å². The molecule has 0 unspecified atom stereocenters. The van der Waals surface area contributed by atoms with Crippen molar-refractivity contribution in [1.82, 2.24) is 14.9 Å². The Morgan fingerprint density at radius 1 is 0.906 bits per heavy atom. The maximum Gasteiger partial charge on any atom is 0.226 e. The van der Waals surface area contributed by atoms with Gasteiger partial charge in [-0.1, -0.05) is 42.5 Å². The number of piperidine rings is 2. The van der Waals surface area contributed by atoms with Gasteiger partial charge in [-0.05, 0) is 56.7 Å². The largest absolute Gasteiger partial charge is 0.342 e. The van der Waals surface area contributed by atoms with Crippen molar-refractivity contribution in [1.29, 1.82) is 0 Å². The van der Waals surface area contributed by atoms with E-state index in [0.717, 1.165) is 68.0 Å². The molecule has 32 heavy (non-hydrogen) atoms. The smallest absolute Gasteiger partial charge is 0.226 e. The molecule has 5 nitrogen and oxygen atoms in total. The maximum atomic E-state index is 13.4. The first kappa shape index (κ1) is 20.9. The van der Waals surface area contributed by atoms with Crippen molar-refractivity contribution in [3.8, 4) is 0 Å². The number of carbonyl (C=O) groups is 1. The first-order chi connectivity index (χ1) is 15.6. The number of fused-ring (bicyclic) bond motifs is 1. The van der Waals surface area contributed by atoms with Gasteiger partial charge in [0.2, 0.25) is 11.9 Å². The van der Waals surface area contributed by atoms with E-state index in [1.807, 2.05) is 25.1 Å². The van der Waals surface area contributed by atoms with Gasteiger partial charge in [0.05, 0.1) is 11.2 Å². The molecule has 5 heteroatoms. The molecule has 0 aliphatic carbocycles. The lowest BCUT2D eigenvalue weighted by molar-refractivity contribution is -0.137. The molecule has 2 fully saturated rings. The van der Waals surface area contributed by atoms with Crippen molar-refractivity contribution in [2.24, 2.45) is 5.92 Å². The van der Waals surface area contributed by atoms with E-state index in [-0.39, 0.29) is 5.92 Å². The van der Waals surface area contributed by atoms with Crippen molar-refractivity contribution < 1.29 is 4.79 Å². The number of anilines is 1. The summed E-state index contributed by atoms with van der Waals surface area (Å²) in [5.74, 6) is 1.72. The minimum absolute atomic E-state index is 0.114. The number of benzene rings is 2. The molecule has 5 rings (SSSR count). The highest BCUT2D eigenvalue weighted by atomic mass is 16.2. The van der Waals surface area contributed by atoms with E-state index < -0.39 is 0 Å². The number of aromatic nitrogens is 2. The quantitative estimate of drug-likeness (QED) is 0.597. The average Bonchev–Trinajstić information content (AvgIpc) is 2.84. The summed E-state index contributed by atoms with van der Waals surface area (Å²) < 4.78 is 0. The summed E-state index contributed by atoms with van der Waals surface area (Å²) in [6, 6.07) is 16.8. The molecule has 0 radical (unpaired) electrons. The molecule has 3 heterocycles. The number of aryl methyl sites for hydroxylation is 2. The minimum Gasteiger partial charge on any atom is -0.342 e. The Hall–Kier alpha value is -2.95. The number of amides is 1. The molecule has 1 amide bonds. The Morgan fingerprint density at radius 3 is 2.47 bits per heavy atom. The third-order valence-electron chi connectivity index (χ3n) is 7.27. The van der Waals surface area contributed by atoms with Crippen LogP contribution in [0.3, 0.4) is 0 Å². The average molecular weight is 429 g/mol. The fraction of sp³-hybridized carbons (Fsp3) is 0.444. The van der Waals surface area contributed by atoms with Gasteiger partial charge in [0, 0.05) is 43.4 Å². The normalized spacial score (nSPS) is 20.0. The maximum absolute atomic E-state index is 13.4. The number of nitrogens with zero attached hydrogens (tertiary/aromatic N) is 4. The predicted molar refractivity (Wildman–Crippen MR) is 129 cm³/mol. The highest BCUT2D eigenvalue weighted by molar-refractivity contribution is 5.82. The van der Waals surface area contributed by atoms with Crippen molar-refractivity contribution in [2.45, 2.75) is 45.4 Å². The van der Waals surface area contributed by atoms with E-state index in [0.29, 0.717) is 11.8 Å². The van der Waals surface area contributed by atoms with Crippen LogP contribution in [0.5, 0.6) is 0 Å². The molecular weight excluding hydrogens is 396 g/mol. The Morgan fingerprint density at radius 2 is 1.66 bits per heavy atom. The highest BCUT2D eigenvalue weighted by Crippen LogP contribution is 2.31. The summed E-state index contributed by atoms with van der Waals surface area (Å²) in [5.41, 5.74) is 4.75. The number of rotatable bonds is 3. The zero-order valence-corrected chi connectivity index (χ0v) is 19.1. The summed E-state index contributed by atoms with van der Waals surface area (Å²) in [7, 11) is 0. The molecule has 1 aromatic heterocycles. The molecule has 2 aliphatic rings. The van der Waals surface area contributed by atoms with E-state index in [4.69, 9.17) is 9.97 Å². The molecule has 0 bridgehead atoms. The van der Waals surface area contributed by atoms with Gasteiger partial charge in [0.25, 0.3) is 0 Å². The van der Waals surface area contributed by atoms with Crippen LogP contribution in [0, 0.1) is 19.8 Å². The molecule has 1 atom stereocenters. The molecule has 2 aliphatic heterocycles. The molecule has 3 aromatic rings. The number of para-hydroxylation sites is 1. The van der Waals surface area contributed by atoms with E-state index >= 15 is 0 Å². The number of hydrogen-bond acceptors (Lipinski definition) is 4. The predicted octanol–water partition coefficient (Wildman–Crippen LogP) is 4.87. The lowest BCUT2D eigenvalue weighted by atomic mass is 9.86.